The van der Waals surface area contributed by atoms with Gasteiger partial charge in [-0.15, -0.1) is 0 Å². The normalized spacial score (nSPS) is 13.5. The van der Waals surface area contributed by atoms with Crippen LogP contribution < -0.4 is 5.32 Å². The van der Waals surface area contributed by atoms with Gasteiger partial charge in [0.2, 0.25) is 0 Å². The van der Waals surface area contributed by atoms with E-state index in [-0.39, 0.29) is 6.61 Å². The molecule has 0 aliphatic rings. The lowest BCUT2D eigenvalue weighted by atomic mass is 9.88. The highest BCUT2D eigenvalue weighted by molar-refractivity contribution is 5.81. The van der Waals surface area contributed by atoms with E-state index in [1.165, 1.54) is 24.8 Å². The van der Waals surface area contributed by atoms with Gasteiger partial charge < -0.3 is 14.8 Å². The van der Waals surface area contributed by atoms with Crippen molar-refractivity contribution in [3.8, 4) is 0 Å². The molecule has 5 heteroatoms. The Labute approximate surface area is 189 Å². The molecule has 0 radical (unpaired) electrons. The van der Waals surface area contributed by atoms with E-state index < -0.39 is 23.7 Å². The Morgan fingerprint density at radius 2 is 1.58 bits per heavy atom. The second-order valence-electron chi connectivity index (χ2n) is 9.76. The standard InChI is InChI=1S/C26H43NO4/c1-7-30-24(28)23(27-25(29)31-26(4,5)6)18-12-17-22(16-11-13-20(2)3)19-21-14-9-8-10-15-21/h8-10,14-15,20,22-23H,7,11-13,16-19H2,1-6H3,(H,27,29). The first kappa shape index (κ1) is 27.0. The smallest absolute Gasteiger partial charge is 0.408 e. The van der Waals surface area contributed by atoms with Crippen LogP contribution in [0.15, 0.2) is 30.3 Å². The van der Waals surface area contributed by atoms with E-state index in [1.54, 1.807) is 27.7 Å². The molecule has 0 saturated heterocycles. The molecule has 0 aliphatic carbocycles. The zero-order valence-corrected chi connectivity index (χ0v) is 20.4. The van der Waals surface area contributed by atoms with Crippen molar-refractivity contribution in [3.05, 3.63) is 35.9 Å². The van der Waals surface area contributed by atoms with Gasteiger partial charge in [0.1, 0.15) is 11.6 Å². The van der Waals surface area contributed by atoms with E-state index in [0.717, 1.165) is 19.3 Å². The Hall–Kier alpha value is -2.04. The van der Waals surface area contributed by atoms with Crippen LogP contribution in [0.3, 0.4) is 0 Å². The van der Waals surface area contributed by atoms with E-state index in [2.05, 4.69) is 43.4 Å². The fourth-order valence-corrected chi connectivity index (χ4v) is 3.66. The molecule has 0 spiro atoms. The van der Waals surface area contributed by atoms with E-state index in [0.29, 0.717) is 18.3 Å². The fourth-order valence-electron chi connectivity index (χ4n) is 3.66. The third-order valence-electron chi connectivity index (χ3n) is 5.13. The second-order valence-corrected chi connectivity index (χ2v) is 9.76. The highest BCUT2D eigenvalue weighted by Crippen LogP contribution is 2.23. The van der Waals surface area contributed by atoms with Crippen molar-refractivity contribution in [2.24, 2.45) is 11.8 Å². The van der Waals surface area contributed by atoms with E-state index in [1.807, 2.05) is 6.07 Å². The maximum absolute atomic E-state index is 12.4. The number of hydrogen-bond acceptors (Lipinski definition) is 4. The second kappa shape index (κ2) is 14.1. The van der Waals surface area contributed by atoms with Crippen molar-refractivity contribution in [2.75, 3.05) is 6.61 Å². The van der Waals surface area contributed by atoms with Gasteiger partial charge in [0.05, 0.1) is 6.61 Å². The largest absolute Gasteiger partial charge is 0.464 e. The summed E-state index contributed by atoms with van der Waals surface area (Å²) >= 11 is 0. The molecule has 0 aliphatic heterocycles. The lowest BCUT2D eigenvalue weighted by molar-refractivity contribution is -0.145. The average molecular weight is 434 g/mol. The maximum Gasteiger partial charge on any atom is 0.408 e. The van der Waals surface area contributed by atoms with Gasteiger partial charge in [-0.05, 0) is 57.9 Å². The summed E-state index contributed by atoms with van der Waals surface area (Å²) in [6, 6.07) is 9.90. The number of esters is 1. The average Bonchev–Trinajstić information content (AvgIpc) is 2.66. The van der Waals surface area contributed by atoms with E-state index >= 15 is 0 Å². The van der Waals surface area contributed by atoms with Gasteiger partial charge in [-0.3, -0.25) is 0 Å². The molecule has 1 N–H and O–H groups in total. The number of alkyl carbamates (subject to hydrolysis) is 1. The molecule has 1 aromatic carbocycles. The number of hydrogen-bond donors (Lipinski definition) is 1. The predicted octanol–water partition coefficient (Wildman–Crippen LogP) is 6.30. The van der Waals surface area contributed by atoms with Crippen molar-refractivity contribution < 1.29 is 19.1 Å². The monoisotopic (exact) mass is 433 g/mol. The number of amides is 1. The Kier molecular flexibility index (Phi) is 12.3. The van der Waals surface area contributed by atoms with Crippen LogP contribution in [0, 0.1) is 11.8 Å². The zero-order chi connectivity index (χ0) is 23.3. The van der Waals surface area contributed by atoms with Gasteiger partial charge >= 0.3 is 12.1 Å². The number of nitrogens with one attached hydrogen (secondary N) is 1. The molecule has 0 fully saturated rings. The van der Waals surface area contributed by atoms with Gasteiger partial charge in [-0.25, -0.2) is 9.59 Å². The van der Waals surface area contributed by atoms with E-state index in [4.69, 9.17) is 9.47 Å². The topological polar surface area (TPSA) is 64.6 Å². The van der Waals surface area contributed by atoms with Crippen molar-refractivity contribution in [1.82, 2.24) is 5.32 Å². The number of rotatable bonds is 13. The summed E-state index contributed by atoms with van der Waals surface area (Å²) in [5, 5.41) is 2.70. The number of benzene rings is 1. The first-order valence-corrected chi connectivity index (χ1v) is 11.8. The molecule has 31 heavy (non-hydrogen) atoms. The van der Waals surface area contributed by atoms with E-state index in [9.17, 15) is 9.59 Å². The van der Waals surface area contributed by atoms with Crippen LogP contribution in [-0.4, -0.2) is 30.3 Å². The zero-order valence-electron chi connectivity index (χ0n) is 20.4. The lowest BCUT2D eigenvalue weighted by Gasteiger charge is -2.23. The van der Waals surface area contributed by atoms with Gasteiger partial charge in [0, 0.05) is 0 Å². The molecule has 1 rings (SSSR count). The summed E-state index contributed by atoms with van der Waals surface area (Å²) in [5.74, 6) is 0.877. The van der Waals surface area contributed by atoms with Gasteiger partial charge in [0.25, 0.3) is 0 Å². The quantitative estimate of drug-likeness (QED) is 0.371. The molecule has 5 nitrogen and oxygen atoms in total. The van der Waals surface area contributed by atoms with Crippen molar-refractivity contribution in [1.29, 1.82) is 0 Å². The Morgan fingerprint density at radius 1 is 0.968 bits per heavy atom. The predicted molar refractivity (Wildman–Crippen MR) is 126 cm³/mol. The summed E-state index contributed by atoms with van der Waals surface area (Å²) < 4.78 is 10.5. The highest BCUT2D eigenvalue weighted by atomic mass is 16.6. The van der Waals surface area contributed by atoms with Crippen molar-refractivity contribution in [2.45, 2.75) is 98.1 Å². The minimum absolute atomic E-state index is 0.289. The molecule has 0 aromatic heterocycles. The third kappa shape index (κ3) is 13.1. The van der Waals surface area contributed by atoms with Crippen molar-refractivity contribution >= 4 is 12.1 Å². The Morgan fingerprint density at radius 3 is 2.13 bits per heavy atom. The number of carbonyl (C=O) groups is 2. The molecular weight excluding hydrogens is 390 g/mol. The van der Waals surface area contributed by atoms with Crippen LogP contribution in [0.4, 0.5) is 4.79 Å². The fraction of sp³-hybridized carbons (Fsp3) is 0.692. The van der Waals surface area contributed by atoms with Gasteiger partial charge in [0.15, 0.2) is 0 Å². The van der Waals surface area contributed by atoms with Crippen LogP contribution in [0.2, 0.25) is 0 Å². The molecule has 2 atom stereocenters. The van der Waals surface area contributed by atoms with Crippen LogP contribution in [0.25, 0.3) is 0 Å². The van der Waals surface area contributed by atoms with Gasteiger partial charge in [-0.2, -0.15) is 0 Å². The molecule has 176 valence electrons. The lowest BCUT2D eigenvalue weighted by Crippen LogP contribution is -2.44. The summed E-state index contributed by atoms with van der Waals surface area (Å²) in [7, 11) is 0. The molecular formula is C26H43NO4. The molecule has 0 saturated carbocycles. The summed E-state index contributed by atoms with van der Waals surface area (Å²) in [6.07, 6.45) is 6.50. The maximum atomic E-state index is 12.4. The molecule has 2 unspecified atom stereocenters. The Bertz CT molecular complexity index is 637. The Balaban J connectivity index is 2.67. The first-order chi connectivity index (χ1) is 14.6. The minimum atomic E-state index is -0.678. The summed E-state index contributed by atoms with van der Waals surface area (Å²) in [4.78, 5) is 24.5. The first-order valence-electron chi connectivity index (χ1n) is 11.8. The molecule has 0 bridgehead atoms. The minimum Gasteiger partial charge on any atom is -0.464 e. The van der Waals surface area contributed by atoms with Crippen LogP contribution in [0.1, 0.15) is 85.6 Å². The number of ether oxygens (including phenoxy) is 2. The van der Waals surface area contributed by atoms with Crippen LogP contribution in [0.5, 0.6) is 0 Å². The summed E-state index contributed by atoms with van der Waals surface area (Å²) in [5.41, 5.74) is 0.742. The molecule has 1 aromatic rings. The van der Waals surface area contributed by atoms with Gasteiger partial charge in [-0.1, -0.05) is 76.3 Å². The molecule has 0 heterocycles. The number of carbonyl (C=O) groups excluding carboxylic acids is 2. The van der Waals surface area contributed by atoms with Crippen LogP contribution >= 0.6 is 0 Å². The van der Waals surface area contributed by atoms with Crippen LogP contribution in [-0.2, 0) is 20.7 Å². The molecule has 1 amide bonds. The van der Waals surface area contributed by atoms with Crippen molar-refractivity contribution in [3.63, 3.8) is 0 Å². The SMILES string of the molecule is CCOC(=O)C(CCCC(CCCC(C)C)Cc1ccccc1)NC(=O)OC(C)(C)C. The summed E-state index contributed by atoms with van der Waals surface area (Å²) in [6.45, 7) is 12.0. The highest BCUT2D eigenvalue weighted by Gasteiger charge is 2.25. The third-order valence-corrected chi connectivity index (χ3v) is 5.13.